The molecular weight excluding hydrogens is 216 g/mol. The molecule has 3 aliphatic rings. The van der Waals surface area contributed by atoms with Gasteiger partial charge in [-0.15, -0.1) is 0 Å². The summed E-state index contributed by atoms with van der Waals surface area (Å²) < 4.78 is 5.53. The molecule has 0 N–H and O–H groups in total. The fourth-order valence-electron chi connectivity index (χ4n) is 4.19. The number of rotatable bonds is 0. The van der Waals surface area contributed by atoms with Crippen LogP contribution in [0, 0.1) is 17.3 Å². The third-order valence-electron chi connectivity index (χ3n) is 4.98. The number of allylic oxidation sites excluding steroid dienone is 2. The van der Waals surface area contributed by atoms with Crippen molar-refractivity contribution in [1.82, 2.24) is 0 Å². The van der Waals surface area contributed by atoms with Crippen molar-refractivity contribution < 1.29 is 14.3 Å². The van der Waals surface area contributed by atoms with Gasteiger partial charge in [0.15, 0.2) is 5.78 Å². The van der Waals surface area contributed by atoms with E-state index < -0.39 is 11.0 Å². The number of ketones is 1. The molecule has 1 spiro atoms. The van der Waals surface area contributed by atoms with E-state index in [-0.39, 0.29) is 23.6 Å². The van der Waals surface area contributed by atoms with Gasteiger partial charge < -0.3 is 4.74 Å². The molecule has 0 radical (unpaired) electrons. The van der Waals surface area contributed by atoms with Crippen LogP contribution in [0.4, 0.5) is 0 Å². The van der Waals surface area contributed by atoms with E-state index in [1.165, 1.54) is 5.57 Å². The van der Waals surface area contributed by atoms with Gasteiger partial charge in [0.05, 0.1) is 0 Å². The number of cyclic esters (lactones) is 1. The number of carbonyl (C=O) groups is 2. The van der Waals surface area contributed by atoms with E-state index in [0.717, 1.165) is 12.8 Å². The Morgan fingerprint density at radius 3 is 2.76 bits per heavy atom. The highest BCUT2D eigenvalue weighted by atomic mass is 16.6. The standard InChI is InChI=1S/C14H18O3/c1-8-4-6-10-13(2,3)17-12(16)14(10)9(8)5-7-11(14)15/h4,9-10H,5-7H2,1-3H3/t9-,10+,14+/m1/s1. The summed E-state index contributed by atoms with van der Waals surface area (Å²) in [4.78, 5) is 24.6. The molecule has 0 aromatic heterocycles. The van der Waals surface area contributed by atoms with Gasteiger partial charge >= 0.3 is 5.97 Å². The first kappa shape index (κ1) is 11.0. The lowest BCUT2D eigenvalue weighted by Gasteiger charge is -2.38. The summed E-state index contributed by atoms with van der Waals surface area (Å²) in [5.41, 5.74) is -0.156. The zero-order chi connectivity index (χ0) is 12.4. The van der Waals surface area contributed by atoms with Crippen molar-refractivity contribution in [3.8, 4) is 0 Å². The number of esters is 1. The predicted molar refractivity (Wildman–Crippen MR) is 62.2 cm³/mol. The molecule has 1 aliphatic heterocycles. The highest BCUT2D eigenvalue weighted by molar-refractivity contribution is 6.08. The number of hydrogen-bond donors (Lipinski definition) is 0. The second kappa shape index (κ2) is 3.01. The van der Waals surface area contributed by atoms with Crippen molar-refractivity contribution in [2.45, 2.75) is 45.6 Å². The van der Waals surface area contributed by atoms with Gasteiger partial charge in [0.1, 0.15) is 11.0 Å². The molecule has 1 saturated heterocycles. The molecule has 0 unspecified atom stereocenters. The SMILES string of the molecule is CC1=CC[C@H]2C(C)(C)OC(=O)[C@]23C(=O)CC[C@H]13. The first-order valence-electron chi connectivity index (χ1n) is 6.34. The first-order valence-corrected chi connectivity index (χ1v) is 6.34. The Kier molecular flexibility index (Phi) is 1.94. The quantitative estimate of drug-likeness (QED) is 0.367. The van der Waals surface area contributed by atoms with E-state index >= 15 is 0 Å². The molecule has 17 heavy (non-hydrogen) atoms. The maximum absolute atomic E-state index is 12.3. The van der Waals surface area contributed by atoms with Gasteiger partial charge in [-0.1, -0.05) is 11.6 Å². The van der Waals surface area contributed by atoms with Gasteiger partial charge in [-0.25, -0.2) is 0 Å². The smallest absolute Gasteiger partial charge is 0.321 e. The predicted octanol–water partition coefficient (Wildman–Crippen LogP) is 2.25. The van der Waals surface area contributed by atoms with Crippen molar-refractivity contribution in [2.24, 2.45) is 17.3 Å². The molecule has 1 saturated carbocycles. The topological polar surface area (TPSA) is 43.4 Å². The molecule has 0 bridgehead atoms. The fraction of sp³-hybridized carbons (Fsp3) is 0.714. The lowest BCUT2D eigenvalue weighted by atomic mass is 9.59. The van der Waals surface area contributed by atoms with Gasteiger partial charge in [0, 0.05) is 18.3 Å². The second-order valence-corrected chi connectivity index (χ2v) is 6.11. The Morgan fingerprint density at radius 2 is 2.06 bits per heavy atom. The summed E-state index contributed by atoms with van der Waals surface area (Å²) in [7, 11) is 0. The van der Waals surface area contributed by atoms with Crippen LogP contribution in [-0.2, 0) is 14.3 Å². The zero-order valence-electron chi connectivity index (χ0n) is 10.6. The monoisotopic (exact) mass is 234 g/mol. The third kappa shape index (κ3) is 1.08. The number of hydrogen-bond acceptors (Lipinski definition) is 3. The normalized spacial score (nSPS) is 42.9. The highest BCUT2D eigenvalue weighted by Gasteiger charge is 2.70. The van der Waals surface area contributed by atoms with E-state index in [1.807, 2.05) is 20.8 Å². The highest BCUT2D eigenvalue weighted by Crippen LogP contribution is 2.61. The van der Waals surface area contributed by atoms with Gasteiger partial charge in [0.25, 0.3) is 0 Å². The Bertz CT molecular complexity index is 446. The van der Waals surface area contributed by atoms with Crippen molar-refractivity contribution in [1.29, 1.82) is 0 Å². The lowest BCUT2D eigenvalue weighted by Crippen LogP contribution is -2.47. The minimum atomic E-state index is -0.845. The number of ether oxygens (including phenoxy) is 1. The number of carbonyl (C=O) groups excluding carboxylic acids is 2. The second-order valence-electron chi connectivity index (χ2n) is 6.11. The van der Waals surface area contributed by atoms with Crippen LogP contribution in [0.15, 0.2) is 11.6 Å². The van der Waals surface area contributed by atoms with Crippen LogP contribution >= 0.6 is 0 Å². The van der Waals surface area contributed by atoms with E-state index in [9.17, 15) is 9.59 Å². The Hall–Kier alpha value is -1.12. The molecule has 92 valence electrons. The summed E-state index contributed by atoms with van der Waals surface area (Å²) >= 11 is 0. The van der Waals surface area contributed by atoms with E-state index in [0.29, 0.717) is 6.42 Å². The molecule has 2 aliphatic carbocycles. The van der Waals surface area contributed by atoms with Gasteiger partial charge in [-0.2, -0.15) is 0 Å². The number of Topliss-reactive ketones (excluding diaryl/α,β-unsaturated/α-hetero) is 1. The fourth-order valence-corrected chi connectivity index (χ4v) is 4.19. The largest absolute Gasteiger partial charge is 0.459 e. The molecular formula is C14H18O3. The third-order valence-corrected chi connectivity index (χ3v) is 4.98. The Morgan fingerprint density at radius 1 is 1.35 bits per heavy atom. The van der Waals surface area contributed by atoms with Gasteiger partial charge in [0.2, 0.25) is 0 Å². The minimum absolute atomic E-state index is 0.0196. The van der Waals surface area contributed by atoms with Crippen LogP contribution in [0.3, 0.4) is 0 Å². The molecule has 0 amide bonds. The van der Waals surface area contributed by atoms with Crippen LogP contribution in [-0.4, -0.2) is 17.4 Å². The van der Waals surface area contributed by atoms with Crippen molar-refractivity contribution in [3.05, 3.63) is 11.6 Å². The summed E-state index contributed by atoms with van der Waals surface area (Å²) in [6.07, 6.45) is 4.31. The average molecular weight is 234 g/mol. The van der Waals surface area contributed by atoms with Gasteiger partial charge in [-0.05, 0) is 33.6 Å². The molecule has 3 nitrogen and oxygen atoms in total. The summed E-state index contributed by atoms with van der Waals surface area (Å²) in [6, 6.07) is 0. The van der Waals surface area contributed by atoms with Crippen molar-refractivity contribution in [3.63, 3.8) is 0 Å². The molecule has 0 aromatic carbocycles. The maximum atomic E-state index is 12.3. The van der Waals surface area contributed by atoms with Crippen LogP contribution < -0.4 is 0 Å². The molecule has 1 heterocycles. The van der Waals surface area contributed by atoms with Crippen molar-refractivity contribution in [2.75, 3.05) is 0 Å². The van der Waals surface area contributed by atoms with E-state index in [1.54, 1.807) is 0 Å². The molecule has 3 atom stereocenters. The van der Waals surface area contributed by atoms with Crippen LogP contribution in [0.25, 0.3) is 0 Å². The average Bonchev–Trinajstić information content (AvgIpc) is 2.67. The Labute approximate surface area is 101 Å². The van der Waals surface area contributed by atoms with Crippen LogP contribution in [0.2, 0.25) is 0 Å². The van der Waals surface area contributed by atoms with Crippen LogP contribution in [0.5, 0.6) is 0 Å². The van der Waals surface area contributed by atoms with E-state index in [4.69, 9.17) is 4.74 Å². The first-order chi connectivity index (χ1) is 7.90. The van der Waals surface area contributed by atoms with Crippen LogP contribution in [0.1, 0.15) is 40.0 Å². The van der Waals surface area contributed by atoms with E-state index in [2.05, 4.69) is 6.08 Å². The molecule has 3 rings (SSSR count). The van der Waals surface area contributed by atoms with Crippen molar-refractivity contribution >= 4 is 11.8 Å². The minimum Gasteiger partial charge on any atom is -0.459 e. The molecule has 3 heteroatoms. The maximum Gasteiger partial charge on any atom is 0.321 e. The summed E-state index contributed by atoms with van der Waals surface area (Å²) in [5.74, 6) is -0.0581. The Balaban J connectivity index is 2.21. The zero-order valence-corrected chi connectivity index (χ0v) is 10.6. The lowest BCUT2D eigenvalue weighted by molar-refractivity contribution is -0.155. The van der Waals surface area contributed by atoms with Gasteiger partial charge in [-0.3, -0.25) is 9.59 Å². The molecule has 0 aromatic rings. The molecule has 2 fully saturated rings. The summed E-state index contributed by atoms with van der Waals surface area (Å²) in [6.45, 7) is 5.91. The summed E-state index contributed by atoms with van der Waals surface area (Å²) in [5, 5.41) is 0.